The molecule has 132 valence electrons. The van der Waals surface area contributed by atoms with Crippen LogP contribution < -0.4 is 10.6 Å². The standard InChI is InChI=1S/C16H27N7S/c1-5-13-12(3)24-15(21-13)7-8-18-16(17-4)19-9-10-23-11-20-22-14(23)6-2/h11H,5-10H2,1-4H3,(H2,17,18,19). The van der Waals surface area contributed by atoms with Gasteiger partial charge in [0.25, 0.3) is 0 Å². The summed E-state index contributed by atoms with van der Waals surface area (Å²) in [4.78, 5) is 10.3. The Kier molecular flexibility index (Phi) is 7.17. The van der Waals surface area contributed by atoms with Crippen LogP contribution in [-0.2, 0) is 25.8 Å². The van der Waals surface area contributed by atoms with Crippen molar-refractivity contribution in [2.45, 2.75) is 46.6 Å². The highest BCUT2D eigenvalue weighted by molar-refractivity contribution is 7.11. The van der Waals surface area contributed by atoms with Gasteiger partial charge >= 0.3 is 0 Å². The fourth-order valence-electron chi connectivity index (χ4n) is 2.47. The van der Waals surface area contributed by atoms with Crippen molar-refractivity contribution in [1.82, 2.24) is 30.4 Å². The molecule has 0 saturated heterocycles. The smallest absolute Gasteiger partial charge is 0.191 e. The molecule has 2 aromatic heterocycles. The summed E-state index contributed by atoms with van der Waals surface area (Å²) in [5.41, 5.74) is 1.22. The zero-order valence-electron chi connectivity index (χ0n) is 15.0. The second kappa shape index (κ2) is 9.36. The molecule has 0 spiro atoms. The van der Waals surface area contributed by atoms with Crippen molar-refractivity contribution < 1.29 is 0 Å². The third-order valence-electron chi connectivity index (χ3n) is 3.78. The second-order valence-corrected chi connectivity index (χ2v) is 6.72. The molecule has 2 rings (SSSR count). The van der Waals surface area contributed by atoms with Gasteiger partial charge in [0.05, 0.1) is 10.7 Å². The van der Waals surface area contributed by atoms with Gasteiger partial charge in [-0.15, -0.1) is 21.5 Å². The molecule has 0 aromatic carbocycles. The van der Waals surface area contributed by atoms with Crippen molar-refractivity contribution >= 4 is 17.3 Å². The number of thiazole rings is 1. The van der Waals surface area contributed by atoms with E-state index in [0.29, 0.717) is 0 Å². The van der Waals surface area contributed by atoms with Crippen molar-refractivity contribution in [2.24, 2.45) is 4.99 Å². The first-order valence-corrected chi connectivity index (χ1v) is 9.25. The van der Waals surface area contributed by atoms with Gasteiger partial charge in [-0.3, -0.25) is 4.99 Å². The first kappa shape index (κ1) is 18.4. The topological polar surface area (TPSA) is 80.0 Å². The fraction of sp³-hybridized carbons (Fsp3) is 0.625. The summed E-state index contributed by atoms with van der Waals surface area (Å²) >= 11 is 1.79. The van der Waals surface area contributed by atoms with Crippen molar-refractivity contribution in [3.05, 3.63) is 27.7 Å². The molecular formula is C16H27N7S. The van der Waals surface area contributed by atoms with Gasteiger partial charge in [0.1, 0.15) is 12.2 Å². The summed E-state index contributed by atoms with van der Waals surface area (Å²) in [7, 11) is 1.79. The Bertz CT molecular complexity index is 659. The van der Waals surface area contributed by atoms with E-state index in [0.717, 1.165) is 50.7 Å². The minimum Gasteiger partial charge on any atom is -0.356 e. The number of nitrogens with zero attached hydrogens (tertiary/aromatic N) is 5. The molecule has 0 aliphatic rings. The number of hydrogen-bond donors (Lipinski definition) is 2. The maximum Gasteiger partial charge on any atom is 0.191 e. The van der Waals surface area contributed by atoms with Crippen LogP contribution in [0.3, 0.4) is 0 Å². The van der Waals surface area contributed by atoms with Crippen molar-refractivity contribution in [3.8, 4) is 0 Å². The largest absolute Gasteiger partial charge is 0.356 e. The number of rotatable bonds is 8. The van der Waals surface area contributed by atoms with E-state index in [2.05, 4.69) is 56.1 Å². The molecule has 2 heterocycles. The van der Waals surface area contributed by atoms with Crippen LogP contribution in [0, 0.1) is 6.92 Å². The predicted molar refractivity (Wildman–Crippen MR) is 98.7 cm³/mol. The van der Waals surface area contributed by atoms with E-state index in [1.54, 1.807) is 24.7 Å². The summed E-state index contributed by atoms with van der Waals surface area (Å²) in [6, 6.07) is 0. The monoisotopic (exact) mass is 349 g/mol. The molecule has 2 aromatic rings. The molecule has 0 unspecified atom stereocenters. The SMILES string of the molecule is CCc1nc(CCNC(=NC)NCCn2cnnc2CC)sc1C. The zero-order chi connectivity index (χ0) is 17.4. The molecule has 2 N–H and O–H groups in total. The highest BCUT2D eigenvalue weighted by Crippen LogP contribution is 2.17. The van der Waals surface area contributed by atoms with Crippen LogP contribution in [-0.4, -0.2) is 45.8 Å². The summed E-state index contributed by atoms with van der Waals surface area (Å²) < 4.78 is 2.06. The van der Waals surface area contributed by atoms with Crippen molar-refractivity contribution in [2.75, 3.05) is 20.1 Å². The number of aromatic nitrogens is 4. The van der Waals surface area contributed by atoms with Crippen LogP contribution in [0.2, 0.25) is 0 Å². The lowest BCUT2D eigenvalue weighted by Gasteiger charge is -2.12. The maximum absolute atomic E-state index is 4.67. The van der Waals surface area contributed by atoms with Crippen LogP contribution in [0.4, 0.5) is 0 Å². The molecule has 0 bridgehead atoms. The van der Waals surface area contributed by atoms with Crippen molar-refractivity contribution in [3.63, 3.8) is 0 Å². The van der Waals surface area contributed by atoms with Gasteiger partial charge in [-0.25, -0.2) is 4.98 Å². The normalized spacial score (nSPS) is 11.8. The Morgan fingerprint density at radius 1 is 1.25 bits per heavy atom. The summed E-state index contributed by atoms with van der Waals surface area (Å²) in [6.45, 7) is 8.80. The average Bonchev–Trinajstić information content (AvgIpc) is 3.19. The lowest BCUT2D eigenvalue weighted by molar-refractivity contribution is 0.632. The molecule has 24 heavy (non-hydrogen) atoms. The lowest BCUT2D eigenvalue weighted by Crippen LogP contribution is -2.39. The van der Waals surface area contributed by atoms with Gasteiger partial charge in [-0.05, 0) is 13.3 Å². The van der Waals surface area contributed by atoms with E-state index in [-0.39, 0.29) is 0 Å². The van der Waals surface area contributed by atoms with Gasteiger partial charge in [-0.1, -0.05) is 13.8 Å². The number of guanidine groups is 1. The Morgan fingerprint density at radius 2 is 2.04 bits per heavy atom. The third-order valence-corrected chi connectivity index (χ3v) is 4.86. The lowest BCUT2D eigenvalue weighted by atomic mass is 10.3. The predicted octanol–water partition coefficient (Wildman–Crippen LogP) is 1.58. The minimum absolute atomic E-state index is 0.779. The van der Waals surface area contributed by atoms with Gasteiger partial charge in [-0.2, -0.15) is 0 Å². The highest BCUT2D eigenvalue weighted by atomic mass is 32.1. The van der Waals surface area contributed by atoms with Crippen LogP contribution >= 0.6 is 11.3 Å². The molecular weight excluding hydrogens is 322 g/mol. The van der Waals surface area contributed by atoms with Crippen LogP contribution in [0.5, 0.6) is 0 Å². The Labute approximate surface area is 147 Å². The summed E-state index contributed by atoms with van der Waals surface area (Å²) in [6.07, 6.45) is 4.58. The van der Waals surface area contributed by atoms with E-state index in [1.807, 2.05) is 0 Å². The maximum atomic E-state index is 4.67. The first-order chi connectivity index (χ1) is 11.7. The number of hydrogen-bond acceptors (Lipinski definition) is 5. The molecule has 0 fully saturated rings. The highest BCUT2D eigenvalue weighted by Gasteiger charge is 2.06. The molecule has 0 saturated carbocycles. The number of nitrogens with one attached hydrogen (secondary N) is 2. The second-order valence-electron chi connectivity index (χ2n) is 5.43. The fourth-order valence-corrected chi connectivity index (χ4v) is 3.49. The molecule has 8 heteroatoms. The molecule has 7 nitrogen and oxygen atoms in total. The van der Waals surface area contributed by atoms with E-state index < -0.39 is 0 Å². The Morgan fingerprint density at radius 3 is 2.71 bits per heavy atom. The van der Waals surface area contributed by atoms with Crippen LogP contribution in [0.1, 0.15) is 35.3 Å². The molecule has 0 aliphatic carbocycles. The first-order valence-electron chi connectivity index (χ1n) is 8.44. The molecule has 0 radical (unpaired) electrons. The van der Waals surface area contributed by atoms with Crippen LogP contribution in [0.15, 0.2) is 11.3 Å². The third kappa shape index (κ3) is 5.02. The van der Waals surface area contributed by atoms with Crippen LogP contribution in [0.25, 0.3) is 0 Å². The van der Waals surface area contributed by atoms with E-state index in [1.165, 1.54) is 15.6 Å². The van der Waals surface area contributed by atoms with Crippen molar-refractivity contribution in [1.29, 1.82) is 0 Å². The summed E-state index contributed by atoms with van der Waals surface area (Å²) in [5, 5.41) is 15.9. The van der Waals surface area contributed by atoms with Gasteiger partial charge in [0, 0.05) is 44.4 Å². The quantitative estimate of drug-likeness (QED) is 0.559. The summed E-state index contributed by atoms with van der Waals surface area (Å²) in [5.74, 6) is 1.82. The molecule has 0 aliphatic heterocycles. The molecule has 0 amide bonds. The molecule has 0 atom stereocenters. The van der Waals surface area contributed by atoms with E-state index >= 15 is 0 Å². The van der Waals surface area contributed by atoms with E-state index in [4.69, 9.17) is 0 Å². The van der Waals surface area contributed by atoms with E-state index in [9.17, 15) is 0 Å². The van der Waals surface area contributed by atoms with Gasteiger partial charge in [0.2, 0.25) is 0 Å². The Hall–Kier alpha value is -1.96. The number of aryl methyl sites for hydroxylation is 3. The Balaban J connectivity index is 1.72. The zero-order valence-corrected chi connectivity index (χ0v) is 15.8. The average molecular weight is 350 g/mol. The van der Waals surface area contributed by atoms with Gasteiger partial charge < -0.3 is 15.2 Å². The minimum atomic E-state index is 0.779. The van der Waals surface area contributed by atoms with Gasteiger partial charge in [0.15, 0.2) is 5.96 Å². The number of aliphatic imine (C=N–C) groups is 1.